The Balaban J connectivity index is 1.71. The van der Waals surface area contributed by atoms with Crippen LogP contribution in [0.3, 0.4) is 0 Å². The van der Waals surface area contributed by atoms with Gasteiger partial charge in [0.2, 0.25) is 0 Å². The molecule has 1 aliphatic heterocycles. The highest BCUT2D eigenvalue weighted by Gasteiger charge is 2.17. The Bertz CT molecular complexity index is 553. The molecular weight excluding hydrogens is 238 g/mol. The van der Waals surface area contributed by atoms with Crippen LogP contribution in [0.25, 0.3) is 10.8 Å². The molecule has 0 amide bonds. The Morgan fingerprint density at radius 1 is 1.37 bits per heavy atom. The molecule has 2 aromatic rings. The van der Waals surface area contributed by atoms with E-state index in [0.29, 0.717) is 0 Å². The highest BCUT2D eigenvalue weighted by molar-refractivity contribution is 5.91. The van der Waals surface area contributed by atoms with E-state index in [1.165, 1.54) is 5.39 Å². The minimum Gasteiger partial charge on any atom is -0.374 e. The molecule has 3 rings (SSSR count). The van der Waals surface area contributed by atoms with Crippen molar-refractivity contribution in [1.82, 2.24) is 9.88 Å². The summed E-state index contributed by atoms with van der Waals surface area (Å²) in [4.78, 5) is 6.73. The average Bonchev–Trinajstić information content (AvgIpc) is 2.45. The molecule has 0 bridgehead atoms. The van der Waals surface area contributed by atoms with Crippen LogP contribution in [0.1, 0.15) is 0 Å². The van der Waals surface area contributed by atoms with Crippen molar-refractivity contribution >= 4 is 16.6 Å². The number of rotatable bonds is 3. The molecule has 4 nitrogen and oxygen atoms in total. The molecule has 1 aromatic heterocycles. The van der Waals surface area contributed by atoms with Gasteiger partial charge in [0.15, 0.2) is 0 Å². The number of benzene rings is 1. The molecule has 0 radical (unpaired) electrons. The third-order valence-electron chi connectivity index (χ3n) is 3.51. The lowest BCUT2D eigenvalue weighted by Crippen LogP contribution is -2.43. The number of ether oxygens (including phenoxy) is 1. The fraction of sp³-hybridized carbons (Fsp3) is 0.400. The van der Waals surface area contributed by atoms with E-state index in [0.717, 1.165) is 37.4 Å². The molecule has 4 heteroatoms. The van der Waals surface area contributed by atoms with Crippen LogP contribution in [-0.2, 0) is 4.74 Å². The summed E-state index contributed by atoms with van der Waals surface area (Å²) in [5, 5.41) is 5.79. The first-order valence-electron chi connectivity index (χ1n) is 6.71. The Morgan fingerprint density at radius 3 is 3.16 bits per heavy atom. The molecule has 0 unspecified atom stereocenters. The quantitative estimate of drug-likeness (QED) is 0.912. The Labute approximate surface area is 113 Å². The first-order chi connectivity index (χ1) is 9.33. The monoisotopic (exact) mass is 257 g/mol. The van der Waals surface area contributed by atoms with Gasteiger partial charge in [0, 0.05) is 31.2 Å². The van der Waals surface area contributed by atoms with Crippen LogP contribution >= 0.6 is 0 Å². The SMILES string of the molecule is CN1CCO[C@H](CNc2nccc3ccccc23)C1. The number of nitrogens with zero attached hydrogens (tertiary/aromatic N) is 2. The number of likely N-dealkylation sites (N-methyl/N-ethyl adjacent to an activating group) is 1. The average molecular weight is 257 g/mol. The zero-order valence-corrected chi connectivity index (χ0v) is 11.2. The van der Waals surface area contributed by atoms with Crippen LogP contribution in [0.15, 0.2) is 36.5 Å². The molecule has 19 heavy (non-hydrogen) atoms. The van der Waals surface area contributed by atoms with E-state index in [-0.39, 0.29) is 6.10 Å². The third kappa shape index (κ3) is 2.85. The lowest BCUT2D eigenvalue weighted by atomic mass is 10.1. The maximum Gasteiger partial charge on any atom is 0.133 e. The van der Waals surface area contributed by atoms with Crippen molar-refractivity contribution in [3.63, 3.8) is 0 Å². The first kappa shape index (κ1) is 12.4. The van der Waals surface area contributed by atoms with Crippen molar-refractivity contribution in [3.8, 4) is 0 Å². The summed E-state index contributed by atoms with van der Waals surface area (Å²) in [5.74, 6) is 0.940. The first-order valence-corrected chi connectivity index (χ1v) is 6.71. The summed E-state index contributed by atoms with van der Waals surface area (Å²) in [6.07, 6.45) is 2.08. The highest BCUT2D eigenvalue weighted by Crippen LogP contribution is 2.20. The van der Waals surface area contributed by atoms with Crippen LogP contribution in [0.5, 0.6) is 0 Å². The van der Waals surface area contributed by atoms with Crippen LogP contribution in [-0.4, -0.2) is 49.3 Å². The minimum absolute atomic E-state index is 0.236. The van der Waals surface area contributed by atoms with Crippen molar-refractivity contribution in [2.24, 2.45) is 0 Å². The summed E-state index contributed by atoms with van der Waals surface area (Å²) in [6.45, 7) is 3.60. The van der Waals surface area contributed by atoms with Gasteiger partial charge in [-0.1, -0.05) is 24.3 Å². The topological polar surface area (TPSA) is 37.4 Å². The molecular formula is C15H19N3O. The van der Waals surface area contributed by atoms with Crippen molar-refractivity contribution in [3.05, 3.63) is 36.5 Å². The van der Waals surface area contributed by atoms with Gasteiger partial charge >= 0.3 is 0 Å². The number of morpholine rings is 1. The molecule has 1 fully saturated rings. The van der Waals surface area contributed by atoms with Gasteiger partial charge in [0.25, 0.3) is 0 Å². The molecule has 0 saturated carbocycles. The maximum absolute atomic E-state index is 5.75. The fourth-order valence-corrected chi connectivity index (χ4v) is 2.46. The van der Waals surface area contributed by atoms with E-state index >= 15 is 0 Å². The lowest BCUT2D eigenvalue weighted by molar-refractivity contribution is -0.0117. The predicted octanol–water partition coefficient (Wildman–Crippen LogP) is 1.98. The second-order valence-corrected chi connectivity index (χ2v) is 5.02. The second-order valence-electron chi connectivity index (χ2n) is 5.02. The van der Waals surface area contributed by atoms with Crippen molar-refractivity contribution in [2.45, 2.75) is 6.10 Å². The highest BCUT2D eigenvalue weighted by atomic mass is 16.5. The Morgan fingerprint density at radius 2 is 2.26 bits per heavy atom. The van der Waals surface area contributed by atoms with Crippen LogP contribution < -0.4 is 5.32 Å². The van der Waals surface area contributed by atoms with Crippen molar-refractivity contribution in [2.75, 3.05) is 38.6 Å². The van der Waals surface area contributed by atoms with Crippen molar-refractivity contribution in [1.29, 1.82) is 0 Å². The molecule has 1 saturated heterocycles. The van der Waals surface area contributed by atoms with Gasteiger partial charge in [-0.2, -0.15) is 0 Å². The lowest BCUT2D eigenvalue weighted by Gasteiger charge is -2.30. The summed E-state index contributed by atoms with van der Waals surface area (Å²) in [7, 11) is 2.13. The number of fused-ring (bicyclic) bond motifs is 1. The van der Waals surface area contributed by atoms with E-state index < -0.39 is 0 Å². The third-order valence-corrected chi connectivity index (χ3v) is 3.51. The van der Waals surface area contributed by atoms with Gasteiger partial charge in [0.1, 0.15) is 5.82 Å². The van der Waals surface area contributed by atoms with Gasteiger partial charge < -0.3 is 15.0 Å². The van der Waals surface area contributed by atoms with Gasteiger partial charge in [-0.3, -0.25) is 0 Å². The number of hydrogen-bond donors (Lipinski definition) is 1. The summed E-state index contributed by atoms with van der Waals surface area (Å²) < 4.78 is 5.75. The van der Waals surface area contributed by atoms with E-state index in [1.54, 1.807) is 0 Å². The summed E-state index contributed by atoms with van der Waals surface area (Å²) >= 11 is 0. The van der Waals surface area contributed by atoms with Gasteiger partial charge in [0.05, 0.1) is 12.7 Å². The number of nitrogens with one attached hydrogen (secondary N) is 1. The smallest absolute Gasteiger partial charge is 0.133 e. The largest absolute Gasteiger partial charge is 0.374 e. The van der Waals surface area contributed by atoms with E-state index in [4.69, 9.17) is 4.74 Å². The zero-order chi connectivity index (χ0) is 13.1. The van der Waals surface area contributed by atoms with Crippen LogP contribution in [0.4, 0.5) is 5.82 Å². The second kappa shape index (κ2) is 5.55. The van der Waals surface area contributed by atoms with Gasteiger partial charge in [-0.05, 0) is 18.5 Å². The zero-order valence-electron chi connectivity index (χ0n) is 11.2. The maximum atomic E-state index is 5.75. The molecule has 0 spiro atoms. The van der Waals surface area contributed by atoms with Crippen LogP contribution in [0.2, 0.25) is 0 Å². The Hall–Kier alpha value is -1.65. The molecule has 1 aliphatic rings. The number of hydrogen-bond acceptors (Lipinski definition) is 4. The standard InChI is InChI=1S/C15H19N3O/c1-18-8-9-19-13(11-18)10-17-15-14-5-3-2-4-12(14)6-7-16-15/h2-7,13H,8-11H2,1H3,(H,16,17)/t13-/m1/s1. The molecule has 1 aromatic carbocycles. The number of aromatic nitrogens is 1. The Kier molecular flexibility index (Phi) is 3.62. The number of pyridine rings is 1. The molecule has 2 heterocycles. The molecule has 0 aliphatic carbocycles. The normalized spacial score (nSPS) is 20.6. The predicted molar refractivity (Wildman–Crippen MR) is 77.5 cm³/mol. The van der Waals surface area contributed by atoms with Crippen molar-refractivity contribution < 1.29 is 4.74 Å². The number of anilines is 1. The van der Waals surface area contributed by atoms with E-state index in [2.05, 4.69) is 34.4 Å². The summed E-state index contributed by atoms with van der Waals surface area (Å²) in [5.41, 5.74) is 0. The fourth-order valence-electron chi connectivity index (χ4n) is 2.46. The van der Waals surface area contributed by atoms with Gasteiger partial charge in [-0.15, -0.1) is 0 Å². The molecule has 100 valence electrons. The minimum atomic E-state index is 0.236. The van der Waals surface area contributed by atoms with E-state index in [9.17, 15) is 0 Å². The van der Waals surface area contributed by atoms with Gasteiger partial charge in [-0.25, -0.2) is 4.98 Å². The summed E-state index contributed by atoms with van der Waals surface area (Å²) in [6, 6.07) is 10.3. The molecule has 1 N–H and O–H groups in total. The van der Waals surface area contributed by atoms with Crippen LogP contribution in [0, 0.1) is 0 Å². The molecule has 1 atom stereocenters. The van der Waals surface area contributed by atoms with E-state index in [1.807, 2.05) is 24.4 Å².